The van der Waals surface area contributed by atoms with Gasteiger partial charge in [0.1, 0.15) is 11.6 Å². The van der Waals surface area contributed by atoms with Gasteiger partial charge >= 0.3 is 0 Å². The lowest BCUT2D eigenvalue weighted by molar-refractivity contribution is 0.0947. The van der Waals surface area contributed by atoms with Gasteiger partial charge in [-0.3, -0.25) is 4.79 Å². The molecular formula is C19H19N3O4. The molecule has 134 valence electrons. The van der Waals surface area contributed by atoms with Gasteiger partial charge in [0.2, 0.25) is 0 Å². The topological polar surface area (TPSA) is 85.6 Å². The Bertz CT molecular complexity index is 861. The van der Waals surface area contributed by atoms with Gasteiger partial charge in [0.25, 0.3) is 5.91 Å². The highest BCUT2D eigenvalue weighted by molar-refractivity contribution is 5.94. The van der Waals surface area contributed by atoms with Crippen molar-refractivity contribution in [3.63, 3.8) is 0 Å². The van der Waals surface area contributed by atoms with Crippen molar-refractivity contribution >= 4 is 17.4 Å². The van der Waals surface area contributed by atoms with Crippen LogP contribution in [0.25, 0.3) is 0 Å². The van der Waals surface area contributed by atoms with Crippen LogP contribution < -0.4 is 20.1 Å². The number of amides is 1. The van der Waals surface area contributed by atoms with Crippen molar-refractivity contribution < 1.29 is 18.7 Å². The van der Waals surface area contributed by atoms with Gasteiger partial charge in [0.05, 0.1) is 32.6 Å². The number of carbonyl (C=O) groups is 1. The zero-order chi connectivity index (χ0) is 18.4. The Morgan fingerprint density at radius 2 is 1.96 bits per heavy atom. The first kappa shape index (κ1) is 17.3. The quantitative estimate of drug-likeness (QED) is 0.677. The molecule has 0 unspecified atom stereocenters. The minimum atomic E-state index is -0.216. The second-order valence-corrected chi connectivity index (χ2v) is 5.39. The number of methoxy groups -OCH3 is 2. The molecule has 1 amide bonds. The van der Waals surface area contributed by atoms with Crippen molar-refractivity contribution in [3.8, 4) is 11.5 Å². The first-order chi connectivity index (χ1) is 12.7. The van der Waals surface area contributed by atoms with E-state index in [1.54, 1.807) is 50.8 Å². The molecule has 7 nitrogen and oxygen atoms in total. The van der Waals surface area contributed by atoms with Gasteiger partial charge in [-0.2, -0.15) is 0 Å². The second kappa shape index (κ2) is 8.06. The van der Waals surface area contributed by atoms with E-state index in [2.05, 4.69) is 15.6 Å². The van der Waals surface area contributed by atoms with Crippen LogP contribution in [0.2, 0.25) is 0 Å². The highest BCUT2D eigenvalue weighted by atomic mass is 16.5. The Balaban J connectivity index is 1.63. The maximum absolute atomic E-state index is 12.1. The molecule has 2 heterocycles. The van der Waals surface area contributed by atoms with E-state index in [1.165, 1.54) is 6.20 Å². The summed E-state index contributed by atoms with van der Waals surface area (Å²) in [6.07, 6.45) is 3.08. The molecule has 0 saturated heterocycles. The van der Waals surface area contributed by atoms with Gasteiger partial charge in [-0.15, -0.1) is 0 Å². The number of aromatic nitrogens is 1. The number of rotatable bonds is 7. The summed E-state index contributed by atoms with van der Waals surface area (Å²) in [7, 11) is 3.16. The molecule has 2 aromatic heterocycles. The minimum Gasteiger partial charge on any atom is -0.493 e. The zero-order valence-electron chi connectivity index (χ0n) is 14.5. The Morgan fingerprint density at radius 3 is 2.62 bits per heavy atom. The summed E-state index contributed by atoms with van der Waals surface area (Å²) in [5.41, 5.74) is 1.26. The molecule has 1 aromatic carbocycles. The lowest BCUT2D eigenvalue weighted by Gasteiger charge is -2.11. The highest BCUT2D eigenvalue weighted by Gasteiger charge is 2.08. The SMILES string of the molecule is COc1ccc(Nc2ccc(C(=O)NCc3ccco3)cn2)cc1OC. The molecule has 0 aliphatic heterocycles. The van der Waals surface area contributed by atoms with E-state index in [-0.39, 0.29) is 5.91 Å². The minimum absolute atomic E-state index is 0.216. The van der Waals surface area contributed by atoms with Crippen molar-refractivity contribution in [2.24, 2.45) is 0 Å². The number of ether oxygens (including phenoxy) is 2. The van der Waals surface area contributed by atoms with Gasteiger partial charge in [0.15, 0.2) is 11.5 Å². The fourth-order valence-corrected chi connectivity index (χ4v) is 2.35. The summed E-state index contributed by atoms with van der Waals surface area (Å²) < 4.78 is 15.7. The Hall–Kier alpha value is -3.48. The van der Waals surface area contributed by atoms with Gasteiger partial charge in [-0.25, -0.2) is 4.98 Å². The predicted octanol–water partition coefficient (Wildman–Crippen LogP) is 3.37. The van der Waals surface area contributed by atoms with E-state index in [0.717, 1.165) is 5.69 Å². The molecule has 0 radical (unpaired) electrons. The lowest BCUT2D eigenvalue weighted by atomic mass is 10.2. The third kappa shape index (κ3) is 4.13. The Morgan fingerprint density at radius 1 is 1.12 bits per heavy atom. The molecule has 3 aromatic rings. The molecule has 3 rings (SSSR count). The van der Waals surface area contributed by atoms with Crippen LogP contribution in [0.1, 0.15) is 16.1 Å². The highest BCUT2D eigenvalue weighted by Crippen LogP contribution is 2.30. The Labute approximate surface area is 151 Å². The number of nitrogens with zero attached hydrogens (tertiary/aromatic N) is 1. The van der Waals surface area contributed by atoms with Crippen LogP contribution in [0.15, 0.2) is 59.3 Å². The van der Waals surface area contributed by atoms with Crippen molar-refractivity contribution in [3.05, 3.63) is 66.2 Å². The van der Waals surface area contributed by atoms with Crippen LogP contribution in [0.3, 0.4) is 0 Å². The number of pyridine rings is 1. The normalized spacial score (nSPS) is 10.2. The molecule has 0 atom stereocenters. The summed E-state index contributed by atoms with van der Waals surface area (Å²) in [5, 5.41) is 5.93. The number of anilines is 2. The molecule has 0 spiro atoms. The van der Waals surface area contributed by atoms with Crippen molar-refractivity contribution in [2.45, 2.75) is 6.54 Å². The van der Waals surface area contributed by atoms with Crippen LogP contribution in [0.5, 0.6) is 11.5 Å². The van der Waals surface area contributed by atoms with E-state index >= 15 is 0 Å². The number of hydrogen-bond donors (Lipinski definition) is 2. The summed E-state index contributed by atoms with van der Waals surface area (Å²) in [6.45, 7) is 0.331. The van der Waals surface area contributed by atoms with Crippen molar-refractivity contribution in [2.75, 3.05) is 19.5 Å². The molecule has 0 aliphatic carbocycles. The monoisotopic (exact) mass is 353 g/mol. The molecule has 2 N–H and O–H groups in total. The van der Waals surface area contributed by atoms with Crippen molar-refractivity contribution in [1.29, 1.82) is 0 Å². The summed E-state index contributed by atoms with van der Waals surface area (Å²) in [5.74, 6) is 2.35. The maximum Gasteiger partial charge on any atom is 0.253 e. The summed E-state index contributed by atoms with van der Waals surface area (Å²) in [6, 6.07) is 12.5. The molecule has 0 saturated carbocycles. The fourth-order valence-electron chi connectivity index (χ4n) is 2.35. The van der Waals surface area contributed by atoms with Gasteiger partial charge in [-0.05, 0) is 36.4 Å². The number of benzene rings is 1. The average molecular weight is 353 g/mol. The third-order valence-corrected chi connectivity index (χ3v) is 3.68. The molecule has 0 fully saturated rings. The van der Waals surface area contributed by atoms with E-state index < -0.39 is 0 Å². The molecule has 0 aliphatic rings. The van der Waals surface area contributed by atoms with Gasteiger partial charge in [-0.1, -0.05) is 0 Å². The van der Waals surface area contributed by atoms with Gasteiger partial charge < -0.3 is 24.5 Å². The number of hydrogen-bond acceptors (Lipinski definition) is 6. The molecule has 0 bridgehead atoms. The second-order valence-electron chi connectivity index (χ2n) is 5.39. The van der Waals surface area contributed by atoms with E-state index in [0.29, 0.717) is 35.2 Å². The van der Waals surface area contributed by atoms with Gasteiger partial charge in [0, 0.05) is 18.0 Å². The van der Waals surface area contributed by atoms with Crippen LogP contribution in [0, 0.1) is 0 Å². The van der Waals surface area contributed by atoms with Crippen LogP contribution in [0.4, 0.5) is 11.5 Å². The van der Waals surface area contributed by atoms with Crippen LogP contribution in [-0.2, 0) is 6.54 Å². The molecule has 7 heteroatoms. The fraction of sp³-hybridized carbons (Fsp3) is 0.158. The van der Waals surface area contributed by atoms with Crippen LogP contribution >= 0.6 is 0 Å². The van der Waals surface area contributed by atoms with Crippen LogP contribution in [-0.4, -0.2) is 25.1 Å². The third-order valence-electron chi connectivity index (χ3n) is 3.68. The standard InChI is InChI=1S/C19H19N3O4/c1-24-16-7-6-14(10-17(16)25-2)22-18-8-5-13(11-20-18)19(23)21-12-15-4-3-9-26-15/h3-11H,12H2,1-2H3,(H,20,22)(H,21,23). The number of carbonyl (C=O) groups excluding carboxylic acids is 1. The number of furan rings is 1. The van der Waals surface area contributed by atoms with E-state index in [9.17, 15) is 4.79 Å². The summed E-state index contributed by atoms with van der Waals surface area (Å²) in [4.78, 5) is 16.4. The van der Waals surface area contributed by atoms with E-state index in [1.807, 2.05) is 12.1 Å². The zero-order valence-corrected chi connectivity index (χ0v) is 14.5. The largest absolute Gasteiger partial charge is 0.493 e. The number of nitrogens with one attached hydrogen (secondary N) is 2. The Kier molecular flexibility index (Phi) is 5.38. The van der Waals surface area contributed by atoms with Crippen molar-refractivity contribution in [1.82, 2.24) is 10.3 Å². The predicted molar refractivity (Wildman–Crippen MR) is 96.9 cm³/mol. The molecule has 26 heavy (non-hydrogen) atoms. The maximum atomic E-state index is 12.1. The average Bonchev–Trinajstić information content (AvgIpc) is 3.20. The summed E-state index contributed by atoms with van der Waals surface area (Å²) >= 11 is 0. The lowest BCUT2D eigenvalue weighted by Crippen LogP contribution is -2.22. The van der Waals surface area contributed by atoms with E-state index in [4.69, 9.17) is 13.9 Å². The smallest absolute Gasteiger partial charge is 0.253 e. The first-order valence-electron chi connectivity index (χ1n) is 7.95. The first-order valence-corrected chi connectivity index (χ1v) is 7.95. The molecular weight excluding hydrogens is 334 g/mol.